The van der Waals surface area contributed by atoms with Crippen molar-refractivity contribution in [2.24, 2.45) is 4.99 Å². The molecule has 0 aliphatic carbocycles. The number of aromatic nitrogens is 1. The third-order valence-corrected chi connectivity index (χ3v) is 12.9. The van der Waals surface area contributed by atoms with Gasteiger partial charge in [-0.3, -0.25) is 29.1 Å². The Morgan fingerprint density at radius 1 is 0.967 bits per heavy atom. The van der Waals surface area contributed by atoms with Gasteiger partial charge in [-0.05, 0) is 100 Å². The van der Waals surface area contributed by atoms with Gasteiger partial charge in [0, 0.05) is 50.3 Å². The average molecular weight is 859 g/mol. The Kier molecular flexibility index (Phi) is 12.0. The minimum atomic E-state index is -0.869. The number of anilines is 1. The first kappa shape index (κ1) is 41.7. The molecule has 12 nitrogen and oxygen atoms in total. The van der Waals surface area contributed by atoms with Crippen LogP contribution in [0.15, 0.2) is 96.1 Å². The van der Waals surface area contributed by atoms with Crippen LogP contribution >= 0.6 is 22.9 Å². The second-order valence-electron chi connectivity index (χ2n) is 15.5. The number of imide groups is 1. The zero-order chi connectivity index (χ0) is 42.9. The number of rotatable bonds is 14. The highest BCUT2D eigenvalue weighted by Gasteiger charge is 2.45. The van der Waals surface area contributed by atoms with Gasteiger partial charge in [0.05, 0.1) is 48.6 Å². The predicted octanol–water partition coefficient (Wildman–Crippen LogP) is 8.17. The fraction of sp³-hybridized carbons (Fsp3) is 0.298. The zero-order valence-electron chi connectivity index (χ0n) is 34.5. The summed E-state index contributed by atoms with van der Waals surface area (Å²) in [6.07, 6.45) is 1.02. The number of halogens is 1. The molecule has 0 saturated carbocycles. The van der Waals surface area contributed by atoms with Gasteiger partial charge in [-0.15, -0.1) is 11.3 Å². The number of nitrogens with zero attached hydrogens (tertiary/aromatic N) is 3. The summed E-state index contributed by atoms with van der Waals surface area (Å²) in [5.74, 6) is -0.802. The van der Waals surface area contributed by atoms with Crippen LogP contribution in [-0.4, -0.2) is 71.2 Å². The number of carbonyl (C=O) groups excluding carboxylic acids is 4. The Hall–Kier alpha value is -6.02. The third kappa shape index (κ3) is 8.37. The van der Waals surface area contributed by atoms with E-state index in [2.05, 4.69) is 60.0 Å². The van der Waals surface area contributed by atoms with Crippen molar-refractivity contribution < 1.29 is 28.7 Å². The molecule has 2 aromatic heterocycles. The Bertz CT molecular complexity index is 2580. The molecule has 4 amide bonds. The number of nitrogens with one attached hydrogen (secondary N) is 3. The van der Waals surface area contributed by atoms with E-state index in [9.17, 15) is 19.2 Å². The smallest absolute Gasteiger partial charge is 0.264 e. The summed E-state index contributed by atoms with van der Waals surface area (Å²) in [6, 6.07) is 23.0. The Morgan fingerprint density at radius 3 is 2.49 bits per heavy atom. The van der Waals surface area contributed by atoms with Gasteiger partial charge in [0.15, 0.2) is 0 Å². The fourth-order valence-electron chi connectivity index (χ4n) is 8.14. The van der Waals surface area contributed by atoms with Gasteiger partial charge < -0.3 is 30.0 Å². The molecule has 5 heterocycles. The molecule has 14 heteroatoms. The number of hydrogen-bond acceptors (Lipinski definition) is 9. The van der Waals surface area contributed by atoms with Crippen LogP contribution in [0.4, 0.5) is 5.69 Å². The number of carbonyl (C=O) groups is 4. The second-order valence-corrected chi connectivity index (χ2v) is 17.1. The van der Waals surface area contributed by atoms with Crippen LogP contribution in [0, 0.1) is 20.8 Å². The number of fused-ring (bicyclic) bond motifs is 4. The molecule has 314 valence electrons. The quantitative estimate of drug-likeness (QED) is 0.0756. The van der Waals surface area contributed by atoms with Crippen LogP contribution in [0.3, 0.4) is 0 Å². The molecule has 3 N–H and O–H groups in total. The first-order valence-electron chi connectivity index (χ1n) is 20.4. The Balaban J connectivity index is 0.821. The summed E-state index contributed by atoms with van der Waals surface area (Å²) < 4.78 is 13.9. The molecule has 1 saturated heterocycles. The number of piperidine rings is 1. The number of benzene rings is 3. The molecule has 5 aromatic rings. The maximum Gasteiger partial charge on any atom is 0.264 e. The minimum absolute atomic E-state index is 0.105. The zero-order valence-corrected chi connectivity index (χ0v) is 36.0. The van der Waals surface area contributed by atoms with Gasteiger partial charge >= 0.3 is 0 Å². The Labute approximate surface area is 363 Å². The van der Waals surface area contributed by atoms with Crippen molar-refractivity contribution >= 4 is 58.0 Å². The minimum Gasteiger partial charge on any atom is -0.491 e. The van der Waals surface area contributed by atoms with Gasteiger partial charge in [-0.25, -0.2) is 0 Å². The van der Waals surface area contributed by atoms with Crippen LogP contribution in [0.5, 0.6) is 5.75 Å². The monoisotopic (exact) mass is 858 g/mol. The van der Waals surface area contributed by atoms with E-state index in [1.165, 1.54) is 10.4 Å². The predicted molar refractivity (Wildman–Crippen MR) is 237 cm³/mol. The lowest BCUT2D eigenvalue weighted by molar-refractivity contribution is -0.125. The van der Waals surface area contributed by atoms with Crippen molar-refractivity contribution in [2.75, 3.05) is 31.7 Å². The van der Waals surface area contributed by atoms with E-state index >= 15 is 0 Å². The number of aliphatic imine (C=N–C) groups is 1. The van der Waals surface area contributed by atoms with E-state index in [1.54, 1.807) is 29.5 Å². The van der Waals surface area contributed by atoms with E-state index in [4.69, 9.17) is 26.1 Å². The summed E-state index contributed by atoms with van der Waals surface area (Å²) in [6.45, 7) is 13.5. The molecule has 3 aliphatic heterocycles. The summed E-state index contributed by atoms with van der Waals surface area (Å²) in [4.78, 5) is 60.4. The van der Waals surface area contributed by atoms with Crippen LogP contribution in [0.2, 0.25) is 5.02 Å². The van der Waals surface area contributed by atoms with Gasteiger partial charge in [0.2, 0.25) is 11.8 Å². The fourth-order valence-corrected chi connectivity index (χ4v) is 9.50. The summed E-state index contributed by atoms with van der Waals surface area (Å²) in [7, 11) is 0. The topological polar surface area (TPSA) is 143 Å². The highest BCUT2D eigenvalue weighted by Crippen LogP contribution is 2.41. The van der Waals surface area contributed by atoms with E-state index in [-0.39, 0.29) is 29.5 Å². The molecule has 3 atom stereocenters. The van der Waals surface area contributed by atoms with Crippen molar-refractivity contribution in [1.29, 1.82) is 0 Å². The second kappa shape index (κ2) is 17.5. The van der Waals surface area contributed by atoms with Crippen molar-refractivity contribution in [3.8, 4) is 10.8 Å². The van der Waals surface area contributed by atoms with Crippen LogP contribution in [0.25, 0.3) is 5.00 Å². The highest BCUT2D eigenvalue weighted by molar-refractivity contribution is 7.15. The maximum absolute atomic E-state index is 13.7. The molecule has 8 rings (SSSR count). The third-order valence-electron chi connectivity index (χ3n) is 11.4. The SMILES string of the molecule is C=C1CCC(N2C(=O)c3cccc(NCCOCCOc4ccc([C@H](C)NC(=O)C[C@@H]5N=C(c6ccc(Cl)cc6)c6c(sc(C)c6C)-n6c(C)ccc65)cc4)c3C2=O)C(=O)N1. The lowest BCUT2D eigenvalue weighted by atomic mass is 9.99. The molecular formula is C47H47ClN6O6S. The summed E-state index contributed by atoms with van der Waals surface area (Å²) in [5.41, 5.74) is 8.71. The number of thiophene rings is 1. The van der Waals surface area contributed by atoms with E-state index in [0.717, 1.165) is 43.7 Å². The summed E-state index contributed by atoms with van der Waals surface area (Å²) >= 11 is 8.01. The lowest BCUT2D eigenvalue weighted by Gasteiger charge is -2.29. The highest BCUT2D eigenvalue weighted by atomic mass is 35.5. The van der Waals surface area contributed by atoms with E-state index in [1.807, 2.05) is 55.5 Å². The van der Waals surface area contributed by atoms with Crippen molar-refractivity contribution in [3.63, 3.8) is 0 Å². The number of allylic oxidation sites excluding steroid dienone is 1. The molecule has 61 heavy (non-hydrogen) atoms. The molecule has 0 radical (unpaired) electrons. The number of amides is 4. The molecule has 1 unspecified atom stereocenters. The van der Waals surface area contributed by atoms with E-state index in [0.29, 0.717) is 61.4 Å². The molecule has 3 aliphatic rings. The van der Waals surface area contributed by atoms with Crippen molar-refractivity contribution in [1.82, 2.24) is 20.1 Å². The van der Waals surface area contributed by atoms with Crippen molar-refractivity contribution in [3.05, 3.63) is 146 Å². The molecule has 0 spiro atoms. The molecule has 3 aromatic carbocycles. The number of aryl methyl sites for hydroxylation is 2. The largest absolute Gasteiger partial charge is 0.491 e. The summed E-state index contributed by atoms with van der Waals surface area (Å²) in [5, 5.41) is 10.8. The first-order valence-corrected chi connectivity index (χ1v) is 21.5. The molecule has 1 fully saturated rings. The normalized spacial score (nSPS) is 17.5. The average Bonchev–Trinajstić information content (AvgIpc) is 3.82. The van der Waals surface area contributed by atoms with Gasteiger partial charge in [0.25, 0.3) is 11.8 Å². The maximum atomic E-state index is 13.7. The number of hydrogen-bond donors (Lipinski definition) is 3. The van der Waals surface area contributed by atoms with Gasteiger partial charge in [-0.1, -0.05) is 48.5 Å². The Morgan fingerprint density at radius 2 is 1.74 bits per heavy atom. The number of ether oxygens (including phenoxy) is 2. The molecule has 0 bridgehead atoms. The van der Waals surface area contributed by atoms with Crippen molar-refractivity contribution in [2.45, 2.75) is 65.1 Å². The van der Waals surface area contributed by atoms with Gasteiger partial charge in [-0.2, -0.15) is 0 Å². The van der Waals surface area contributed by atoms with E-state index < -0.39 is 29.8 Å². The van der Waals surface area contributed by atoms with Crippen LogP contribution in [0.1, 0.15) is 97.5 Å². The standard InChI is InChI=1S/C47H47ClN6O6S/c1-26-9-19-39(44(56)50-26)54-45(57)35-7-6-8-36(42(35)46(54)58)49-21-22-59-23-24-60-34-17-13-31(14-18-34)29(4)51-40(55)25-37-38-20-10-27(2)53(38)47-41(28(3)30(5)61-47)43(52-37)32-11-15-33(48)16-12-32/h6-8,10-18,20,29,37,39,49H,1,9,19,21-25H2,2-5H3,(H,50,56)(H,51,55)/t29-,37-,39?/m0/s1. The molecular weight excluding hydrogens is 812 g/mol. The lowest BCUT2D eigenvalue weighted by Crippen LogP contribution is -2.51. The van der Waals surface area contributed by atoms with Crippen LogP contribution in [-0.2, 0) is 14.3 Å². The first-order chi connectivity index (χ1) is 29.4. The van der Waals surface area contributed by atoms with Gasteiger partial charge in [0.1, 0.15) is 23.4 Å². The van der Waals surface area contributed by atoms with Crippen LogP contribution < -0.4 is 20.7 Å².